The van der Waals surface area contributed by atoms with Gasteiger partial charge < -0.3 is 25.6 Å². The average molecular weight is 466 g/mol. The predicted octanol–water partition coefficient (Wildman–Crippen LogP) is 3.24. The number of nitrogens with zero attached hydrogens (tertiary/aromatic N) is 5. The molecule has 0 unspecified atom stereocenters. The molecular weight excluding hydrogens is 430 g/mol. The summed E-state index contributed by atoms with van der Waals surface area (Å²) in [5.41, 5.74) is 8.84. The summed E-state index contributed by atoms with van der Waals surface area (Å²) in [5, 5.41) is 8.21. The summed E-state index contributed by atoms with van der Waals surface area (Å²) in [4.78, 5) is 22.3. The van der Waals surface area contributed by atoms with Gasteiger partial charge in [-0.25, -0.2) is 4.98 Å². The molecule has 0 aliphatic carbocycles. The summed E-state index contributed by atoms with van der Waals surface area (Å²) >= 11 is 0. The van der Waals surface area contributed by atoms with Crippen molar-refractivity contribution < 1.29 is 9.53 Å². The van der Waals surface area contributed by atoms with Crippen molar-refractivity contribution >= 4 is 23.2 Å². The molecule has 2 bridgehead atoms. The number of carbonyl (C=O) groups excluding carboxylic acids is 1. The van der Waals surface area contributed by atoms with Crippen LogP contribution < -0.4 is 20.7 Å². The summed E-state index contributed by atoms with van der Waals surface area (Å²) in [6, 6.07) is 9.57. The van der Waals surface area contributed by atoms with E-state index in [0.29, 0.717) is 31.0 Å². The lowest BCUT2D eigenvalue weighted by atomic mass is 10.1. The Bertz CT molecular complexity index is 1160. The van der Waals surface area contributed by atoms with E-state index in [0.717, 1.165) is 54.3 Å². The number of rotatable bonds is 4. The second kappa shape index (κ2) is 10.3. The summed E-state index contributed by atoms with van der Waals surface area (Å²) in [6.45, 7) is 6.60. The van der Waals surface area contributed by atoms with Crippen LogP contribution in [0.3, 0.4) is 0 Å². The number of fused-ring (bicyclic) bond motifs is 2. The van der Waals surface area contributed by atoms with Crippen LogP contribution >= 0.6 is 0 Å². The fraction of sp³-hybridized carbons (Fsp3) is 0.480. The molecule has 1 atom stereocenters. The fourth-order valence-corrected chi connectivity index (χ4v) is 4.40. The normalized spacial score (nSPS) is 17.3. The van der Waals surface area contributed by atoms with E-state index in [1.165, 1.54) is 0 Å². The predicted molar refractivity (Wildman–Crippen MR) is 135 cm³/mol. The van der Waals surface area contributed by atoms with Crippen LogP contribution in [0.1, 0.15) is 53.8 Å². The first-order valence-corrected chi connectivity index (χ1v) is 12.0. The summed E-state index contributed by atoms with van der Waals surface area (Å²) in [7, 11) is 3.90. The summed E-state index contributed by atoms with van der Waals surface area (Å²) in [6.07, 6.45) is 2.53. The molecule has 1 aromatic carbocycles. The van der Waals surface area contributed by atoms with Crippen LogP contribution in [0.25, 0.3) is 5.65 Å². The first-order valence-electron chi connectivity index (χ1n) is 12.0. The van der Waals surface area contributed by atoms with Crippen molar-refractivity contribution in [3.63, 3.8) is 0 Å². The largest absolute Gasteiger partial charge is 0.493 e. The lowest BCUT2D eigenvalue weighted by Crippen LogP contribution is -2.31. The van der Waals surface area contributed by atoms with Gasteiger partial charge in [-0.1, -0.05) is 18.6 Å². The monoisotopic (exact) mass is 465 g/mol. The second-order valence-electron chi connectivity index (χ2n) is 8.87. The molecule has 2 aromatic heterocycles. The molecule has 1 aliphatic heterocycles. The number of benzene rings is 1. The van der Waals surface area contributed by atoms with Crippen molar-refractivity contribution in [2.24, 2.45) is 5.73 Å². The molecule has 182 valence electrons. The first-order chi connectivity index (χ1) is 16.4. The van der Waals surface area contributed by atoms with E-state index in [-0.39, 0.29) is 11.9 Å². The smallest absolute Gasteiger partial charge is 0.257 e. The van der Waals surface area contributed by atoms with Crippen molar-refractivity contribution in [3.8, 4) is 5.75 Å². The number of aryl methyl sites for hydroxylation is 1. The Hall–Kier alpha value is -3.33. The van der Waals surface area contributed by atoms with Crippen LogP contribution in [0.2, 0.25) is 0 Å². The highest BCUT2D eigenvalue weighted by atomic mass is 16.5. The highest BCUT2D eigenvalue weighted by Crippen LogP contribution is 2.30. The number of aromatic nitrogens is 3. The van der Waals surface area contributed by atoms with Gasteiger partial charge in [-0.15, -0.1) is 0 Å². The molecular formula is C25H35N7O2. The molecule has 1 amide bonds. The molecule has 3 heterocycles. The van der Waals surface area contributed by atoms with Gasteiger partial charge in [-0.05, 0) is 38.3 Å². The van der Waals surface area contributed by atoms with Crippen molar-refractivity contribution in [2.75, 3.05) is 50.6 Å². The van der Waals surface area contributed by atoms with Gasteiger partial charge >= 0.3 is 0 Å². The maximum absolute atomic E-state index is 13.6. The van der Waals surface area contributed by atoms with E-state index >= 15 is 0 Å². The molecule has 0 fully saturated rings. The molecule has 34 heavy (non-hydrogen) atoms. The van der Waals surface area contributed by atoms with Crippen LogP contribution in [0.5, 0.6) is 5.75 Å². The Morgan fingerprint density at radius 1 is 1.21 bits per heavy atom. The van der Waals surface area contributed by atoms with E-state index in [2.05, 4.69) is 24.2 Å². The van der Waals surface area contributed by atoms with Crippen LogP contribution in [0.4, 0.5) is 11.6 Å². The van der Waals surface area contributed by atoms with Crippen molar-refractivity contribution in [3.05, 3.63) is 47.2 Å². The SMILES string of the molecule is CC[C@H]1c2cc3nc(NCCN)cc(n3n2)N(C)CCCCOc2ccc(C)cc2C(=O)N1C. The molecule has 1 aliphatic rings. The van der Waals surface area contributed by atoms with E-state index < -0.39 is 0 Å². The quantitative estimate of drug-likeness (QED) is 0.610. The zero-order chi connectivity index (χ0) is 24.2. The topological polar surface area (TPSA) is 101 Å². The van der Waals surface area contributed by atoms with Crippen LogP contribution in [0.15, 0.2) is 30.3 Å². The summed E-state index contributed by atoms with van der Waals surface area (Å²) in [5.74, 6) is 2.26. The molecule has 0 saturated carbocycles. The van der Waals surface area contributed by atoms with Gasteiger partial charge in [-0.2, -0.15) is 9.61 Å². The number of hydrogen-bond donors (Lipinski definition) is 2. The maximum Gasteiger partial charge on any atom is 0.257 e. The van der Waals surface area contributed by atoms with E-state index in [9.17, 15) is 4.79 Å². The Balaban J connectivity index is 1.81. The lowest BCUT2D eigenvalue weighted by Gasteiger charge is -2.27. The van der Waals surface area contributed by atoms with Gasteiger partial charge in [-0.3, -0.25) is 4.79 Å². The Kier molecular flexibility index (Phi) is 7.21. The molecule has 4 rings (SSSR count). The number of ether oxygens (including phenoxy) is 1. The Morgan fingerprint density at radius 2 is 2.03 bits per heavy atom. The van der Waals surface area contributed by atoms with E-state index in [1.807, 2.05) is 48.8 Å². The average Bonchev–Trinajstić information content (AvgIpc) is 3.25. The zero-order valence-electron chi connectivity index (χ0n) is 20.5. The van der Waals surface area contributed by atoms with Crippen molar-refractivity contribution in [1.29, 1.82) is 0 Å². The fourth-order valence-electron chi connectivity index (χ4n) is 4.40. The molecule has 9 heteroatoms. The number of nitrogens with one attached hydrogen (secondary N) is 1. The standard InChI is InChI=1S/C25H35N7O2/c1-5-20-19-15-23-28-22(27-11-10-26)16-24(32(23)29-19)30(3)12-6-7-13-34-21-9-8-17(2)14-18(21)25(33)31(20)4/h8-9,14-16,20H,5-7,10-13,26H2,1-4H3,(H,27,28)/t20-/m0/s1. The molecule has 3 N–H and O–H groups in total. The maximum atomic E-state index is 13.6. The van der Waals surface area contributed by atoms with Gasteiger partial charge in [0.15, 0.2) is 5.65 Å². The Morgan fingerprint density at radius 3 is 2.79 bits per heavy atom. The van der Waals surface area contributed by atoms with E-state index in [4.69, 9.17) is 20.6 Å². The minimum Gasteiger partial charge on any atom is -0.493 e. The molecule has 0 saturated heterocycles. The number of nitrogens with two attached hydrogens (primary N) is 1. The van der Waals surface area contributed by atoms with E-state index in [1.54, 1.807) is 4.90 Å². The second-order valence-corrected chi connectivity index (χ2v) is 8.87. The van der Waals surface area contributed by atoms with Crippen LogP contribution in [-0.2, 0) is 0 Å². The molecule has 0 radical (unpaired) electrons. The van der Waals surface area contributed by atoms with Gasteiger partial charge in [0.1, 0.15) is 17.4 Å². The highest BCUT2D eigenvalue weighted by Gasteiger charge is 2.27. The Labute approximate surface area is 200 Å². The molecule has 3 aromatic rings. The highest BCUT2D eigenvalue weighted by molar-refractivity contribution is 5.97. The number of hydrogen-bond acceptors (Lipinski definition) is 7. The number of anilines is 2. The zero-order valence-corrected chi connectivity index (χ0v) is 20.5. The third-order valence-electron chi connectivity index (χ3n) is 6.30. The van der Waals surface area contributed by atoms with Gasteiger partial charge in [0.25, 0.3) is 5.91 Å². The van der Waals surface area contributed by atoms with Gasteiger partial charge in [0.2, 0.25) is 0 Å². The molecule has 0 spiro atoms. The van der Waals surface area contributed by atoms with Crippen molar-refractivity contribution in [2.45, 2.75) is 39.2 Å². The third-order valence-corrected chi connectivity index (χ3v) is 6.30. The number of carbonyl (C=O) groups is 1. The van der Waals surface area contributed by atoms with Gasteiger partial charge in [0.05, 0.1) is 23.9 Å². The lowest BCUT2D eigenvalue weighted by molar-refractivity contribution is 0.0718. The summed E-state index contributed by atoms with van der Waals surface area (Å²) < 4.78 is 7.95. The minimum absolute atomic E-state index is 0.0759. The van der Waals surface area contributed by atoms with Gasteiger partial charge in [0, 0.05) is 45.9 Å². The first kappa shape index (κ1) is 23.8. The third kappa shape index (κ3) is 4.79. The van der Waals surface area contributed by atoms with Crippen LogP contribution in [0, 0.1) is 6.92 Å². The minimum atomic E-state index is -0.203. The van der Waals surface area contributed by atoms with Crippen LogP contribution in [-0.4, -0.2) is 65.7 Å². The van der Waals surface area contributed by atoms with Crippen molar-refractivity contribution in [1.82, 2.24) is 19.5 Å². The number of amides is 1. The molecule has 9 nitrogen and oxygen atoms in total.